The molecule has 0 fully saturated rings. The Labute approximate surface area is 104 Å². The van der Waals surface area contributed by atoms with Crippen molar-refractivity contribution in [1.82, 2.24) is 20.1 Å². The minimum absolute atomic E-state index is 0.0223. The third-order valence-corrected chi connectivity index (χ3v) is 2.43. The molecular weight excluding hydrogens is 232 g/mol. The van der Waals surface area contributed by atoms with Gasteiger partial charge >= 0.3 is 0 Å². The number of nitrogens with zero attached hydrogens (tertiary/aromatic N) is 3. The van der Waals surface area contributed by atoms with Crippen LogP contribution in [0.2, 0.25) is 0 Å². The topological polar surface area (TPSA) is 80.0 Å². The summed E-state index contributed by atoms with van der Waals surface area (Å²) in [5.74, 6) is 0.352. The van der Waals surface area contributed by atoms with Crippen molar-refractivity contribution >= 4 is 5.91 Å². The number of amides is 1. The van der Waals surface area contributed by atoms with Crippen LogP contribution in [0.15, 0.2) is 30.6 Å². The summed E-state index contributed by atoms with van der Waals surface area (Å²) in [5, 5.41) is 16.3. The highest BCUT2D eigenvalue weighted by Gasteiger charge is 2.09. The molecule has 6 heteroatoms. The third-order valence-electron chi connectivity index (χ3n) is 2.43. The number of hydrogen-bond acceptors (Lipinski definition) is 4. The minimum Gasteiger partial charge on any atom is -0.507 e. The molecule has 0 aliphatic heterocycles. The van der Waals surface area contributed by atoms with Crippen LogP contribution >= 0.6 is 0 Å². The van der Waals surface area contributed by atoms with Crippen molar-refractivity contribution in [2.45, 2.75) is 6.42 Å². The average Bonchev–Trinajstić information content (AvgIpc) is 2.75. The largest absolute Gasteiger partial charge is 0.507 e. The number of benzene rings is 1. The van der Waals surface area contributed by atoms with E-state index in [4.69, 9.17) is 0 Å². The zero-order valence-corrected chi connectivity index (χ0v) is 10.00. The van der Waals surface area contributed by atoms with Gasteiger partial charge in [0.25, 0.3) is 5.91 Å². The molecule has 0 atom stereocenters. The van der Waals surface area contributed by atoms with Crippen LogP contribution in [0, 0.1) is 0 Å². The molecule has 1 aromatic heterocycles. The Hall–Kier alpha value is -2.37. The fourth-order valence-electron chi connectivity index (χ4n) is 1.55. The summed E-state index contributed by atoms with van der Waals surface area (Å²) in [6, 6.07) is 6.43. The van der Waals surface area contributed by atoms with Gasteiger partial charge in [0.15, 0.2) is 5.82 Å². The Bertz CT molecular complexity index is 551. The number of phenols is 1. The number of carbonyl (C=O) groups excluding carboxylic acids is 1. The summed E-state index contributed by atoms with van der Waals surface area (Å²) < 4.78 is 1.61. The average molecular weight is 246 g/mol. The van der Waals surface area contributed by atoms with E-state index in [0.717, 1.165) is 0 Å². The van der Waals surface area contributed by atoms with Crippen molar-refractivity contribution in [3.8, 4) is 5.75 Å². The fourth-order valence-corrected chi connectivity index (χ4v) is 1.55. The minimum atomic E-state index is -0.302. The molecule has 0 radical (unpaired) electrons. The van der Waals surface area contributed by atoms with Gasteiger partial charge in [0.2, 0.25) is 0 Å². The van der Waals surface area contributed by atoms with Gasteiger partial charge in [-0.1, -0.05) is 12.1 Å². The molecule has 94 valence electrons. The highest BCUT2D eigenvalue weighted by molar-refractivity contribution is 5.96. The van der Waals surface area contributed by atoms with Gasteiger partial charge in [0.1, 0.15) is 12.1 Å². The predicted molar refractivity (Wildman–Crippen MR) is 65.1 cm³/mol. The van der Waals surface area contributed by atoms with Gasteiger partial charge in [0.05, 0.1) is 5.56 Å². The lowest BCUT2D eigenvalue weighted by molar-refractivity contribution is 0.0951. The van der Waals surface area contributed by atoms with Gasteiger partial charge in [-0.05, 0) is 12.1 Å². The van der Waals surface area contributed by atoms with E-state index in [9.17, 15) is 9.90 Å². The van der Waals surface area contributed by atoms with Crippen LogP contribution < -0.4 is 5.32 Å². The first-order valence-corrected chi connectivity index (χ1v) is 5.57. The Kier molecular flexibility index (Phi) is 3.57. The second-order valence-corrected chi connectivity index (χ2v) is 3.86. The van der Waals surface area contributed by atoms with Crippen molar-refractivity contribution in [1.29, 1.82) is 0 Å². The zero-order valence-electron chi connectivity index (χ0n) is 10.00. The van der Waals surface area contributed by atoms with Crippen LogP contribution in [0.3, 0.4) is 0 Å². The van der Waals surface area contributed by atoms with Gasteiger partial charge in [-0.3, -0.25) is 9.48 Å². The number of aromatic nitrogens is 3. The molecule has 1 amide bonds. The van der Waals surface area contributed by atoms with Crippen LogP contribution in [0.4, 0.5) is 0 Å². The molecule has 2 N–H and O–H groups in total. The molecule has 0 spiro atoms. The van der Waals surface area contributed by atoms with E-state index in [2.05, 4.69) is 15.4 Å². The molecule has 6 nitrogen and oxygen atoms in total. The summed E-state index contributed by atoms with van der Waals surface area (Å²) in [5.41, 5.74) is 0.270. The van der Waals surface area contributed by atoms with Gasteiger partial charge in [-0.2, -0.15) is 5.10 Å². The van der Waals surface area contributed by atoms with Crippen molar-refractivity contribution < 1.29 is 9.90 Å². The van der Waals surface area contributed by atoms with E-state index in [1.807, 2.05) is 0 Å². The summed E-state index contributed by atoms with van der Waals surface area (Å²) >= 11 is 0. The Morgan fingerprint density at radius 3 is 2.89 bits per heavy atom. The van der Waals surface area contributed by atoms with Gasteiger partial charge in [-0.15, -0.1) is 0 Å². The second kappa shape index (κ2) is 5.31. The molecule has 2 aromatic rings. The van der Waals surface area contributed by atoms with Gasteiger partial charge in [-0.25, -0.2) is 4.98 Å². The first-order chi connectivity index (χ1) is 8.66. The smallest absolute Gasteiger partial charge is 0.255 e. The van der Waals surface area contributed by atoms with Crippen LogP contribution in [0.5, 0.6) is 5.75 Å². The lowest BCUT2D eigenvalue weighted by Crippen LogP contribution is -2.26. The highest BCUT2D eigenvalue weighted by Crippen LogP contribution is 2.14. The molecule has 18 heavy (non-hydrogen) atoms. The molecule has 0 saturated heterocycles. The Morgan fingerprint density at radius 1 is 1.44 bits per heavy atom. The molecule has 0 unspecified atom stereocenters. The SMILES string of the molecule is Cn1cnc(CCNC(=O)c2ccccc2O)n1. The van der Waals surface area contributed by atoms with Crippen LogP contribution in [0.1, 0.15) is 16.2 Å². The number of phenolic OH excluding ortho intramolecular Hbond substituents is 1. The van der Waals surface area contributed by atoms with Crippen LogP contribution in [-0.4, -0.2) is 32.3 Å². The number of para-hydroxylation sites is 1. The molecule has 0 bridgehead atoms. The van der Waals surface area contributed by atoms with E-state index >= 15 is 0 Å². The van der Waals surface area contributed by atoms with E-state index in [0.29, 0.717) is 18.8 Å². The normalized spacial score (nSPS) is 10.3. The number of rotatable bonds is 4. The number of carbonyl (C=O) groups is 1. The van der Waals surface area contributed by atoms with Gasteiger partial charge in [0, 0.05) is 20.0 Å². The zero-order chi connectivity index (χ0) is 13.0. The molecular formula is C12H14N4O2. The molecule has 2 rings (SSSR count). The molecule has 0 aliphatic rings. The van der Waals surface area contributed by atoms with Crippen molar-refractivity contribution in [3.63, 3.8) is 0 Å². The van der Waals surface area contributed by atoms with Gasteiger partial charge < -0.3 is 10.4 Å². The van der Waals surface area contributed by atoms with Crippen molar-refractivity contribution in [3.05, 3.63) is 42.0 Å². The molecule has 0 aliphatic carbocycles. The summed E-state index contributed by atoms with van der Waals surface area (Å²) in [7, 11) is 1.79. The summed E-state index contributed by atoms with van der Waals surface area (Å²) in [6.07, 6.45) is 2.17. The van der Waals surface area contributed by atoms with E-state index < -0.39 is 0 Å². The number of hydrogen-bond donors (Lipinski definition) is 2. The summed E-state index contributed by atoms with van der Waals surface area (Å²) in [4.78, 5) is 15.8. The molecule has 1 heterocycles. The maximum Gasteiger partial charge on any atom is 0.255 e. The monoisotopic (exact) mass is 246 g/mol. The summed E-state index contributed by atoms with van der Waals surface area (Å²) in [6.45, 7) is 0.428. The third kappa shape index (κ3) is 2.85. The maximum atomic E-state index is 11.7. The quantitative estimate of drug-likeness (QED) is 0.823. The number of aryl methyl sites for hydroxylation is 1. The predicted octanol–water partition coefficient (Wildman–Crippen LogP) is 0.493. The first kappa shape index (κ1) is 12.1. The van der Waals surface area contributed by atoms with E-state index in [1.54, 1.807) is 36.3 Å². The first-order valence-electron chi connectivity index (χ1n) is 5.57. The van der Waals surface area contributed by atoms with Crippen LogP contribution in [0.25, 0.3) is 0 Å². The lowest BCUT2D eigenvalue weighted by atomic mass is 10.2. The van der Waals surface area contributed by atoms with E-state index in [1.165, 1.54) is 6.07 Å². The standard InChI is InChI=1S/C12H14N4O2/c1-16-8-14-11(15-16)6-7-13-12(18)9-4-2-3-5-10(9)17/h2-5,8,17H,6-7H2,1H3,(H,13,18). The van der Waals surface area contributed by atoms with E-state index in [-0.39, 0.29) is 17.2 Å². The second-order valence-electron chi connectivity index (χ2n) is 3.86. The molecule has 1 aromatic carbocycles. The number of aromatic hydroxyl groups is 1. The Balaban J connectivity index is 1.87. The highest BCUT2D eigenvalue weighted by atomic mass is 16.3. The van der Waals surface area contributed by atoms with Crippen LogP contribution in [-0.2, 0) is 13.5 Å². The van der Waals surface area contributed by atoms with Crippen molar-refractivity contribution in [2.24, 2.45) is 7.05 Å². The number of nitrogens with one attached hydrogen (secondary N) is 1. The fraction of sp³-hybridized carbons (Fsp3) is 0.250. The van der Waals surface area contributed by atoms with Crippen molar-refractivity contribution in [2.75, 3.05) is 6.54 Å². The lowest BCUT2D eigenvalue weighted by Gasteiger charge is -2.05. The maximum absolute atomic E-state index is 11.7. The Morgan fingerprint density at radius 2 is 2.22 bits per heavy atom. The molecule has 0 saturated carbocycles.